The predicted octanol–water partition coefficient (Wildman–Crippen LogP) is 4.45. The molecule has 10 nitrogen and oxygen atoms in total. The maximum atomic E-state index is 15.6. The van der Waals surface area contributed by atoms with E-state index in [0.717, 1.165) is 19.3 Å². The number of nitrogens with one attached hydrogen (secondary N) is 2. The molecule has 1 aliphatic heterocycles. The highest BCUT2D eigenvalue weighted by Gasteiger charge is 2.26. The Morgan fingerprint density at radius 1 is 1.05 bits per heavy atom. The molecule has 1 aliphatic rings. The molecule has 1 fully saturated rings. The Morgan fingerprint density at radius 2 is 1.74 bits per heavy atom. The average Bonchev–Trinajstić information content (AvgIpc) is 2.90. The number of carbonyl (C=O) groups excluding carboxylic acids is 1. The number of ether oxygens (including phenoxy) is 2. The van der Waals surface area contributed by atoms with E-state index in [0.29, 0.717) is 18.7 Å². The molecule has 200 valence electrons. The fourth-order valence-electron chi connectivity index (χ4n) is 3.83. The van der Waals surface area contributed by atoms with Gasteiger partial charge in [-0.1, -0.05) is 12.5 Å². The molecule has 0 bridgehead atoms. The fourth-order valence-corrected chi connectivity index (χ4v) is 3.83. The zero-order valence-corrected chi connectivity index (χ0v) is 20.9. The number of nitrogens with zero attached hydrogens (tertiary/aromatic N) is 3. The van der Waals surface area contributed by atoms with Gasteiger partial charge in [-0.2, -0.15) is 13.8 Å². The largest absolute Gasteiger partial charge is 0.504 e. The molecule has 5 N–H and O–H groups in total. The summed E-state index contributed by atoms with van der Waals surface area (Å²) in [5, 5.41) is 19.5. The third kappa shape index (κ3) is 5.92. The normalized spacial score (nSPS) is 13.6. The topological polar surface area (TPSA) is 137 Å². The van der Waals surface area contributed by atoms with Crippen LogP contribution in [-0.2, 0) is 0 Å². The van der Waals surface area contributed by atoms with Gasteiger partial charge in [-0.15, -0.1) is 0 Å². The van der Waals surface area contributed by atoms with Crippen molar-refractivity contribution in [1.82, 2.24) is 14.9 Å². The number of hydrazine groups is 1. The number of aromatic hydroxyl groups is 1. The van der Waals surface area contributed by atoms with Crippen molar-refractivity contribution in [3.05, 3.63) is 65.2 Å². The van der Waals surface area contributed by atoms with Crippen molar-refractivity contribution in [2.45, 2.75) is 19.3 Å². The Hall–Kier alpha value is -4.45. The van der Waals surface area contributed by atoms with Gasteiger partial charge in [0.1, 0.15) is 17.3 Å². The van der Waals surface area contributed by atoms with Crippen molar-refractivity contribution in [3.63, 3.8) is 0 Å². The summed E-state index contributed by atoms with van der Waals surface area (Å²) in [5.74, 6) is -4.67. The number of rotatable bonds is 8. The molecule has 0 saturated carbocycles. The standard InChI is InChI=1S/C26H28F2N6O4/c1-33(2)26(36)16-7-6-8-17(13-16)37-24-20(27)22(32-34-11-4-3-5-12-34)21(28)25(31-24)38-19-14-15(23(29)30)9-10-18(19)35/h6-10,13-14,35H,3-5,11-12H2,1-2H3,(H3,29,30)(H,31,32). The summed E-state index contributed by atoms with van der Waals surface area (Å²) >= 11 is 0. The minimum atomic E-state index is -1.15. The number of piperidine rings is 1. The number of nitrogen functional groups attached to an aromatic ring is 1. The molecular formula is C26H28F2N6O4. The molecule has 12 heteroatoms. The fraction of sp³-hybridized carbons (Fsp3) is 0.269. The van der Waals surface area contributed by atoms with E-state index in [9.17, 15) is 9.90 Å². The summed E-state index contributed by atoms with van der Waals surface area (Å²) in [6.07, 6.45) is 2.72. The van der Waals surface area contributed by atoms with Crippen LogP contribution in [0.2, 0.25) is 0 Å². The van der Waals surface area contributed by atoms with E-state index in [4.69, 9.17) is 20.6 Å². The summed E-state index contributed by atoms with van der Waals surface area (Å²) in [7, 11) is 3.19. The maximum Gasteiger partial charge on any atom is 0.261 e. The van der Waals surface area contributed by atoms with Crippen LogP contribution in [0.1, 0.15) is 35.2 Å². The molecule has 0 aliphatic carbocycles. The molecule has 0 unspecified atom stereocenters. The number of benzene rings is 2. The van der Waals surface area contributed by atoms with Gasteiger partial charge in [-0.05, 0) is 49.2 Å². The molecule has 1 aromatic heterocycles. The number of aromatic nitrogens is 1. The highest BCUT2D eigenvalue weighted by atomic mass is 19.1. The summed E-state index contributed by atoms with van der Waals surface area (Å²) < 4.78 is 42.3. The Balaban J connectivity index is 1.75. The van der Waals surface area contributed by atoms with Gasteiger partial charge in [0, 0.05) is 38.3 Å². The van der Waals surface area contributed by atoms with E-state index in [1.807, 2.05) is 0 Å². The van der Waals surface area contributed by atoms with Crippen LogP contribution >= 0.6 is 0 Å². The Morgan fingerprint density at radius 3 is 2.39 bits per heavy atom. The van der Waals surface area contributed by atoms with Crippen molar-refractivity contribution in [3.8, 4) is 29.0 Å². The first-order chi connectivity index (χ1) is 18.1. The van der Waals surface area contributed by atoms with Crippen molar-refractivity contribution < 1.29 is 28.2 Å². The lowest BCUT2D eigenvalue weighted by Crippen LogP contribution is -2.35. The Labute approximate surface area is 218 Å². The second-order valence-corrected chi connectivity index (χ2v) is 8.91. The maximum absolute atomic E-state index is 15.6. The molecule has 2 heterocycles. The third-order valence-corrected chi connectivity index (χ3v) is 5.82. The molecule has 4 rings (SSSR count). The van der Waals surface area contributed by atoms with Gasteiger partial charge in [-0.25, -0.2) is 5.01 Å². The highest BCUT2D eigenvalue weighted by Crippen LogP contribution is 2.39. The Kier molecular flexibility index (Phi) is 7.91. The predicted molar refractivity (Wildman–Crippen MR) is 137 cm³/mol. The Bertz CT molecular complexity index is 1360. The molecule has 0 spiro atoms. The number of hydrogen-bond acceptors (Lipinski definition) is 8. The molecule has 1 amide bonds. The summed E-state index contributed by atoms with van der Waals surface area (Å²) in [4.78, 5) is 17.6. The van der Waals surface area contributed by atoms with Crippen LogP contribution in [0, 0.1) is 17.0 Å². The summed E-state index contributed by atoms with van der Waals surface area (Å²) in [6.45, 7) is 1.15. The van der Waals surface area contributed by atoms with E-state index >= 15 is 8.78 Å². The number of amidine groups is 1. The van der Waals surface area contributed by atoms with E-state index in [2.05, 4.69) is 10.4 Å². The molecule has 3 aromatic rings. The minimum absolute atomic E-state index is 0.0898. The van der Waals surface area contributed by atoms with Gasteiger partial charge in [-0.3, -0.25) is 10.2 Å². The molecule has 0 atom stereocenters. The SMILES string of the molecule is CN(C)C(=O)c1cccc(Oc2nc(Oc3cc(C(=N)N)ccc3O)c(F)c(NN3CCCCC3)c2F)c1. The number of phenols is 1. The number of nitrogens with two attached hydrogens (primary N) is 1. The number of anilines is 1. The quantitative estimate of drug-likeness (QED) is 0.250. The number of hydrogen-bond donors (Lipinski definition) is 4. The minimum Gasteiger partial charge on any atom is -0.504 e. The molecule has 2 aromatic carbocycles. The van der Waals surface area contributed by atoms with Gasteiger partial charge in [0.25, 0.3) is 17.7 Å². The van der Waals surface area contributed by atoms with Gasteiger partial charge in [0.15, 0.2) is 11.5 Å². The van der Waals surface area contributed by atoms with Crippen molar-refractivity contribution in [2.24, 2.45) is 5.73 Å². The van der Waals surface area contributed by atoms with Crippen molar-refractivity contribution >= 4 is 17.4 Å². The lowest BCUT2D eigenvalue weighted by Gasteiger charge is -2.28. The second-order valence-electron chi connectivity index (χ2n) is 8.91. The molecule has 38 heavy (non-hydrogen) atoms. The third-order valence-electron chi connectivity index (χ3n) is 5.82. The van der Waals surface area contributed by atoms with E-state index in [1.165, 1.54) is 35.2 Å². The lowest BCUT2D eigenvalue weighted by atomic mass is 10.2. The van der Waals surface area contributed by atoms with Crippen LogP contribution in [0.25, 0.3) is 0 Å². The highest BCUT2D eigenvalue weighted by molar-refractivity contribution is 5.95. The number of carbonyl (C=O) groups is 1. The lowest BCUT2D eigenvalue weighted by molar-refractivity contribution is 0.0827. The first-order valence-electron chi connectivity index (χ1n) is 11.9. The van der Waals surface area contributed by atoms with Crippen molar-refractivity contribution in [1.29, 1.82) is 5.41 Å². The van der Waals surface area contributed by atoms with Crippen LogP contribution in [0.4, 0.5) is 14.5 Å². The number of pyridine rings is 1. The first kappa shape index (κ1) is 26.6. The van der Waals surface area contributed by atoms with Gasteiger partial charge in [0.2, 0.25) is 11.6 Å². The average molecular weight is 527 g/mol. The number of amides is 1. The second kappa shape index (κ2) is 11.3. The van der Waals surface area contributed by atoms with Crippen LogP contribution in [0.5, 0.6) is 29.0 Å². The molecule has 1 saturated heterocycles. The molecular weight excluding hydrogens is 498 g/mol. The monoisotopic (exact) mass is 526 g/mol. The zero-order chi connectivity index (χ0) is 27.4. The van der Waals surface area contributed by atoms with Crippen LogP contribution < -0.4 is 20.6 Å². The van der Waals surface area contributed by atoms with E-state index in [-0.39, 0.29) is 34.6 Å². The zero-order valence-electron chi connectivity index (χ0n) is 20.9. The number of halogens is 2. The van der Waals surface area contributed by atoms with Gasteiger partial charge >= 0.3 is 0 Å². The van der Waals surface area contributed by atoms with Gasteiger partial charge in [0.05, 0.1) is 0 Å². The van der Waals surface area contributed by atoms with Crippen LogP contribution in [-0.4, -0.2) is 58.9 Å². The van der Waals surface area contributed by atoms with Crippen LogP contribution in [0.3, 0.4) is 0 Å². The summed E-state index contributed by atoms with van der Waals surface area (Å²) in [6, 6.07) is 9.89. The number of phenolic OH excluding ortho intramolecular Hbond substituents is 1. The van der Waals surface area contributed by atoms with Gasteiger partial charge < -0.3 is 30.6 Å². The van der Waals surface area contributed by atoms with E-state index < -0.39 is 29.1 Å². The first-order valence-corrected chi connectivity index (χ1v) is 11.9. The van der Waals surface area contributed by atoms with Crippen molar-refractivity contribution in [2.75, 3.05) is 32.6 Å². The van der Waals surface area contributed by atoms with E-state index in [1.54, 1.807) is 31.2 Å². The van der Waals surface area contributed by atoms with Crippen LogP contribution in [0.15, 0.2) is 42.5 Å². The molecule has 0 radical (unpaired) electrons. The smallest absolute Gasteiger partial charge is 0.261 e. The summed E-state index contributed by atoms with van der Waals surface area (Å²) in [5.41, 5.74) is 8.24.